The minimum absolute atomic E-state index is 0.156. The fraction of sp³-hybridized carbons (Fsp3) is 0.286. The summed E-state index contributed by atoms with van der Waals surface area (Å²) in [6.45, 7) is 6.48. The summed E-state index contributed by atoms with van der Waals surface area (Å²) < 4.78 is 5.21. The molecule has 1 unspecified atom stereocenters. The Labute approximate surface area is 195 Å². The molecule has 0 bridgehead atoms. The van der Waals surface area contributed by atoms with Crippen molar-refractivity contribution in [1.82, 2.24) is 5.32 Å². The van der Waals surface area contributed by atoms with E-state index in [0.29, 0.717) is 24.4 Å². The average Bonchev–Trinajstić information content (AvgIpc) is 2.83. The molecule has 1 heterocycles. The smallest absolute Gasteiger partial charge is 0.259 e. The molecule has 0 fully saturated rings. The van der Waals surface area contributed by atoms with Crippen LogP contribution in [0.5, 0.6) is 5.75 Å². The number of nitrogens with one attached hydrogen (secondary N) is 1. The molecule has 170 valence electrons. The number of hydrogen-bond donors (Lipinski definition) is 1. The maximum atomic E-state index is 13.6. The molecule has 2 amide bonds. The Morgan fingerprint density at radius 1 is 1.03 bits per heavy atom. The molecule has 5 nitrogen and oxygen atoms in total. The van der Waals surface area contributed by atoms with Crippen LogP contribution in [-0.2, 0) is 17.8 Å². The third-order valence-electron chi connectivity index (χ3n) is 6.40. The lowest BCUT2D eigenvalue weighted by Gasteiger charge is -2.44. The standard InChI is InChI=1S/C28H30N2O3/c1-19(2)21-11-13-23(14-12-21)30-26(31)25-8-6-5-7-22(25)17-28(30,3)27(32)29-18-20-9-15-24(33-4)16-10-20/h5-16,19H,17-18H2,1-4H3,(H,29,32). The molecule has 1 N–H and O–H groups in total. The highest BCUT2D eigenvalue weighted by Gasteiger charge is 2.47. The van der Waals surface area contributed by atoms with Crippen LogP contribution in [0.25, 0.3) is 0 Å². The first-order valence-electron chi connectivity index (χ1n) is 11.3. The fourth-order valence-corrected chi connectivity index (χ4v) is 4.39. The van der Waals surface area contributed by atoms with E-state index in [-0.39, 0.29) is 11.8 Å². The number of benzene rings is 3. The SMILES string of the molecule is COc1ccc(CNC(=O)C2(C)Cc3ccccc3C(=O)N2c2ccc(C(C)C)cc2)cc1. The molecule has 3 aromatic rings. The topological polar surface area (TPSA) is 58.6 Å². The zero-order chi connectivity index (χ0) is 23.6. The van der Waals surface area contributed by atoms with E-state index < -0.39 is 5.54 Å². The Hall–Kier alpha value is -3.60. The van der Waals surface area contributed by atoms with Crippen molar-refractivity contribution >= 4 is 17.5 Å². The first kappa shape index (κ1) is 22.6. The number of amides is 2. The van der Waals surface area contributed by atoms with Crippen molar-refractivity contribution in [3.05, 3.63) is 95.1 Å². The van der Waals surface area contributed by atoms with Gasteiger partial charge in [-0.15, -0.1) is 0 Å². The summed E-state index contributed by atoms with van der Waals surface area (Å²) in [5, 5.41) is 3.05. The second-order valence-corrected chi connectivity index (χ2v) is 9.03. The highest BCUT2D eigenvalue weighted by atomic mass is 16.5. The Bertz CT molecular complexity index is 1150. The van der Waals surface area contributed by atoms with E-state index in [1.807, 2.05) is 79.7 Å². The van der Waals surface area contributed by atoms with Gasteiger partial charge in [-0.05, 0) is 59.9 Å². The van der Waals surface area contributed by atoms with Crippen molar-refractivity contribution < 1.29 is 14.3 Å². The maximum absolute atomic E-state index is 13.6. The first-order chi connectivity index (χ1) is 15.8. The van der Waals surface area contributed by atoms with Crippen LogP contribution < -0.4 is 15.0 Å². The van der Waals surface area contributed by atoms with Gasteiger partial charge < -0.3 is 10.1 Å². The molecule has 5 heteroatoms. The van der Waals surface area contributed by atoms with Gasteiger partial charge in [-0.2, -0.15) is 0 Å². The molecule has 1 atom stereocenters. The van der Waals surface area contributed by atoms with Crippen LogP contribution in [-0.4, -0.2) is 24.5 Å². The van der Waals surface area contributed by atoms with Crippen molar-refractivity contribution in [3.63, 3.8) is 0 Å². The molecule has 3 aromatic carbocycles. The predicted octanol–water partition coefficient (Wildman–Crippen LogP) is 5.10. The number of nitrogens with zero attached hydrogens (tertiary/aromatic N) is 1. The van der Waals surface area contributed by atoms with Crippen LogP contribution in [0.3, 0.4) is 0 Å². The van der Waals surface area contributed by atoms with Gasteiger partial charge in [0.1, 0.15) is 11.3 Å². The van der Waals surface area contributed by atoms with E-state index in [4.69, 9.17) is 4.74 Å². The summed E-state index contributed by atoms with van der Waals surface area (Å²) in [5.41, 5.74) is 3.35. The molecule has 0 spiro atoms. The molecular formula is C28H30N2O3. The van der Waals surface area contributed by atoms with Gasteiger partial charge in [-0.3, -0.25) is 14.5 Å². The first-order valence-corrected chi connectivity index (χ1v) is 11.3. The highest BCUT2D eigenvalue weighted by molar-refractivity contribution is 6.14. The van der Waals surface area contributed by atoms with Crippen molar-refractivity contribution in [3.8, 4) is 5.75 Å². The quantitative estimate of drug-likeness (QED) is 0.578. The van der Waals surface area contributed by atoms with Crippen molar-refractivity contribution in [1.29, 1.82) is 0 Å². The Kier molecular flexibility index (Phi) is 6.23. The van der Waals surface area contributed by atoms with E-state index in [2.05, 4.69) is 19.2 Å². The molecule has 0 saturated carbocycles. The molecule has 0 aliphatic carbocycles. The van der Waals surface area contributed by atoms with Crippen molar-refractivity contribution in [2.75, 3.05) is 12.0 Å². The number of carbonyl (C=O) groups excluding carboxylic acids is 2. The van der Waals surface area contributed by atoms with Gasteiger partial charge in [0.25, 0.3) is 5.91 Å². The largest absolute Gasteiger partial charge is 0.497 e. The average molecular weight is 443 g/mol. The molecule has 33 heavy (non-hydrogen) atoms. The van der Waals surface area contributed by atoms with Gasteiger partial charge in [-0.1, -0.05) is 56.3 Å². The third-order valence-corrected chi connectivity index (χ3v) is 6.40. The van der Waals surface area contributed by atoms with Crippen molar-refractivity contribution in [2.24, 2.45) is 0 Å². The van der Waals surface area contributed by atoms with Crippen molar-refractivity contribution in [2.45, 2.75) is 45.2 Å². The number of ether oxygens (including phenoxy) is 1. The van der Waals surface area contributed by atoms with E-state index in [1.165, 1.54) is 5.56 Å². The second kappa shape index (κ2) is 9.10. The lowest BCUT2D eigenvalue weighted by molar-refractivity contribution is -0.126. The van der Waals surface area contributed by atoms with Gasteiger partial charge in [0.15, 0.2) is 0 Å². The van der Waals surface area contributed by atoms with E-state index >= 15 is 0 Å². The minimum atomic E-state index is -1.06. The van der Waals surface area contributed by atoms with E-state index in [0.717, 1.165) is 22.6 Å². The molecule has 0 radical (unpaired) electrons. The molecule has 4 rings (SSSR count). The lowest BCUT2D eigenvalue weighted by atomic mass is 9.82. The third kappa shape index (κ3) is 4.36. The molecule has 1 aliphatic rings. The summed E-state index contributed by atoms with van der Waals surface area (Å²) in [5.74, 6) is 0.809. The van der Waals surface area contributed by atoms with Crippen LogP contribution in [0.4, 0.5) is 5.69 Å². The fourth-order valence-electron chi connectivity index (χ4n) is 4.39. The summed E-state index contributed by atoms with van der Waals surface area (Å²) in [4.78, 5) is 28.9. The lowest BCUT2D eigenvalue weighted by Crippen LogP contribution is -2.63. The number of carbonyl (C=O) groups is 2. The van der Waals surface area contributed by atoms with Crippen LogP contribution in [0.1, 0.15) is 53.7 Å². The summed E-state index contributed by atoms with van der Waals surface area (Å²) in [6, 6.07) is 23.1. The normalized spacial score (nSPS) is 17.6. The maximum Gasteiger partial charge on any atom is 0.259 e. The monoisotopic (exact) mass is 442 g/mol. The molecule has 0 aromatic heterocycles. The highest BCUT2D eigenvalue weighted by Crippen LogP contribution is 2.36. The number of anilines is 1. The molecule has 0 saturated heterocycles. The van der Waals surface area contributed by atoms with Crippen LogP contribution in [0.2, 0.25) is 0 Å². The number of fused-ring (bicyclic) bond motifs is 1. The van der Waals surface area contributed by atoms with Gasteiger partial charge >= 0.3 is 0 Å². The zero-order valence-corrected chi connectivity index (χ0v) is 19.6. The minimum Gasteiger partial charge on any atom is -0.497 e. The second-order valence-electron chi connectivity index (χ2n) is 9.03. The van der Waals surface area contributed by atoms with Gasteiger partial charge in [0, 0.05) is 24.2 Å². The Morgan fingerprint density at radius 3 is 2.33 bits per heavy atom. The van der Waals surface area contributed by atoms with E-state index in [9.17, 15) is 9.59 Å². The predicted molar refractivity (Wildman–Crippen MR) is 131 cm³/mol. The summed E-state index contributed by atoms with van der Waals surface area (Å²) in [6.07, 6.45) is 0.440. The van der Waals surface area contributed by atoms with Crippen LogP contribution >= 0.6 is 0 Å². The summed E-state index contributed by atoms with van der Waals surface area (Å²) >= 11 is 0. The Balaban J connectivity index is 1.66. The van der Waals surface area contributed by atoms with Gasteiger partial charge in [0.05, 0.1) is 7.11 Å². The van der Waals surface area contributed by atoms with E-state index in [1.54, 1.807) is 12.0 Å². The van der Waals surface area contributed by atoms with Gasteiger partial charge in [-0.25, -0.2) is 0 Å². The van der Waals surface area contributed by atoms with Gasteiger partial charge in [0.2, 0.25) is 5.91 Å². The van der Waals surface area contributed by atoms with Crippen LogP contribution in [0, 0.1) is 0 Å². The Morgan fingerprint density at radius 2 is 1.70 bits per heavy atom. The zero-order valence-electron chi connectivity index (χ0n) is 19.6. The molecular weight excluding hydrogens is 412 g/mol. The molecule has 1 aliphatic heterocycles. The summed E-state index contributed by atoms with van der Waals surface area (Å²) in [7, 11) is 1.62. The van der Waals surface area contributed by atoms with Crippen LogP contribution in [0.15, 0.2) is 72.8 Å². The number of methoxy groups -OCH3 is 1. The number of rotatable bonds is 6. The number of hydrogen-bond acceptors (Lipinski definition) is 3.